The number of hydrogen-bond acceptors (Lipinski definition) is 4. The number of hydrogen-bond donors (Lipinski definition) is 1. The highest BCUT2D eigenvalue weighted by molar-refractivity contribution is 8.00. The van der Waals surface area contributed by atoms with E-state index in [9.17, 15) is 4.79 Å². The van der Waals surface area contributed by atoms with E-state index in [1.807, 2.05) is 6.07 Å². The van der Waals surface area contributed by atoms with E-state index in [-0.39, 0.29) is 5.69 Å². The fourth-order valence-corrected chi connectivity index (χ4v) is 2.03. The molecule has 0 bridgehead atoms. The second-order valence-corrected chi connectivity index (χ2v) is 4.26. The third kappa shape index (κ3) is 2.05. The van der Waals surface area contributed by atoms with Crippen LogP contribution < -0.4 is 0 Å². The number of thioether (sulfide) groups is 1. The summed E-state index contributed by atoms with van der Waals surface area (Å²) in [6.45, 7) is 1.45. The van der Waals surface area contributed by atoms with Gasteiger partial charge in [0.2, 0.25) is 0 Å². The zero-order valence-corrected chi connectivity index (χ0v) is 8.16. The molecule has 0 aliphatic carbocycles. The van der Waals surface area contributed by atoms with E-state index in [1.54, 1.807) is 17.8 Å². The maximum atomic E-state index is 10.6. The molecule has 1 saturated heterocycles. The first-order valence-electron chi connectivity index (χ1n) is 4.20. The van der Waals surface area contributed by atoms with E-state index in [0.29, 0.717) is 5.25 Å². The lowest BCUT2D eigenvalue weighted by Crippen LogP contribution is -2.30. The summed E-state index contributed by atoms with van der Waals surface area (Å²) in [5, 5.41) is 9.89. The molecule has 1 N–H and O–H groups in total. The SMILES string of the molecule is O=C(O)c1cccc(SC2COC2)n1. The normalized spacial score (nSPS) is 16.3. The molecular weight excluding hydrogens is 202 g/mol. The Labute approximate surface area is 85.3 Å². The first kappa shape index (κ1) is 9.48. The minimum Gasteiger partial charge on any atom is -0.477 e. The number of carbonyl (C=O) groups is 1. The van der Waals surface area contributed by atoms with Gasteiger partial charge in [0, 0.05) is 0 Å². The van der Waals surface area contributed by atoms with Crippen molar-refractivity contribution in [3.8, 4) is 0 Å². The minimum absolute atomic E-state index is 0.0928. The van der Waals surface area contributed by atoms with Crippen LogP contribution in [-0.4, -0.2) is 34.5 Å². The summed E-state index contributed by atoms with van der Waals surface area (Å²) in [6, 6.07) is 5.01. The standard InChI is InChI=1S/C9H9NO3S/c11-9(12)7-2-1-3-8(10-7)14-6-4-13-5-6/h1-3,6H,4-5H2,(H,11,12). The van der Waals surface area contributed by atoms with Crippen LogP contribution in [0, 0.1) is 0 Å². The smallest absolute Gasteiger partial charge is 0.354 e. The fourth-order valence-electron chi connectivity index (χ4n) is 1.05. The van der Waals surface area contributed by atoms with Crippen LogP contribution in [0.3, 0.4) is 0 Å². The van der Waals surface area contributed by atoms with Gasteiger partial charge in [0.15, 0.2) is 0 Å². The zero-order chi connectivity index (χ0) is 9.97. The first-order valence-corrected chi connectivity index (χ1v) is 5.08. The van der Waals surface area contributed by atoms with Gasteiger partial charge in [-0.15, -0.1) is 0 Å². The van der Waals surface area contributed by atoms with Crippen molar-refractivity contribution < 1.29 is 14.6 Å². The van der Waals surface area contributed by atoms with Crippen molar-refractivity contribution in [3.63, 3.8) is 0 Å². The van der Waals surface area contributed by atoms with E-state index in [0.717, 1.165) is 18.2 Å². The summed E-state index contributed by atoms with van der Waals surface area (Å²) in [6.07, 6.45) is 0. The zero-order valence-electron chi connectivity index (χ0n) is 7.34. The van der Waals surface area contributed by atoms with Crippen LogP contribution in [0.25, 0.3) is 0 Å². The molecule has 74 valence electrons. The van der Waals surface area contributed by atoms with Crippen molar-refractivity contribution in [2.75, 3.05) is 13.2 Å². The Morgan fingerprint density at radius 3 is 2.93 bits per heavy atom. The third-order valence-corrected chi connectivity index (χ3v) is 2.91. The second-order valence-electron chi connectivity index (χ2n) is 2.94. The minimum atomic E-state index is -0.989. The van der Waals surface area contributed by atoms with E-state index in [2.05, 4.69) is 4.98 Å². The van der Waals surface area contributed by atoms with Gasteiger partial charge >= 0.3 is 5.97 Å². The Balaban J connectivity index is 2.09. The summed E-state index contributed by atoms with van der Waals surface area (Å²) in [7, 11) is 0. The van der Waals surface area contributed by atoms with Crippen LogP contribution >= 0.6 is 11.8 Å². The van der Waals surface area contributed by atoms with Gasteiger partial charge in [-0.05, 0) is 12.1 Å². The van der Waals surface area contributed by atoms with Crippen molar-refractivity contribution in [2.24, 2.45) is 0 Å². The third-order valence-electron chi connectivity index (χ3n) is 1.84. The lowest BCUT2D eigenvalue weighted by Gasteiger charge is -2.24. The van der Waals surface area contributed by atoms with Gasteiger partial charge < -0.3 is 9.84 Å². The highest BCUT2D eigenvalue weighted by atomic mass is 32.2. The molecule has 1 fully saturated rings. The number of aromatic carboxylic acids is 1. The largest absolute Gasteiger partial charge is 0.477 e. The average Bonchev–Trinajstić information content (AvgIpc) is 2.12. The van der Waals surface area contributed by atoms with Gasteiger partial charge in [0.25, 0.3) is 0 Å². The van der Waals surface area contributed by atoms with E-state index in [1.165, 1.54) is 6.07 Å². The van der Waals surface area contributed by atoms with Crippen LogP contribution in [0.2, 0.25) is 0 Å². The molecule has 0 amide bonds. The molecule has 0 atom stereocenters. The Morgan fingerprint density at radius 1 is 1.57 bits per heavy atom. The molecule has 0 spiro atoms. The van der Waals surface area contributed by atoms with E-state index < -0.39 is 5.97 Å². The number of nitrogens with zero attached hydrogens (tertiary/aromatic N) is 1. The lowest BCUT2D eigenvalue weighted by atomic mass is 10.4. The maximum Gasteiger partial charge on any atom is 0.354 e. The van der Waals surface area contributed by atoms with Crippen molar-refractivity contribution in [1.82, 2.24) is 4.98 Å². The summed E-state index contributed by atoms with van der Waals surface area (Å²) >= 11 is 1.56. The molecule has 0 aromatic carbocycles. The van der Waals surface area contributed by atoms with Crippen LogP contribution in [0.4, 0.5) is 0 Å². The van der Waals surface area contributed by atoms with Crippen molar-refractivity contribution >= 4 is 17.7 Å². The molecular formula is C9H9NO3S. The first-order chi connectivity index (χ1) is 6.75. The van der Waals surface area contributed by atoms with Crippen molar-refractivity contribution in [3.05, 3.63) is 23.9 Å². The van der Waals surface area contributed by atoms with Crippen LogP contribution in [0.5, 0.6) is 0 Å². The van der Waals surface area contributed by atoms with E-state index >= 15 is 0 Å². The number of ether oxygens (including phenoxy) is 1. The quantitative estimate of drug-likeness (QED) is 0.815. The molecule has 2 rings (SSSR count). The van der Waals surface area contributed by atoms with Gasteiger partial charge in [0.1, 0.15) is 5.69 Å². The summed E-state index contributed by atoms with van der Waals surface area (Å²) in [5.74, 6) is -0.989. The highest BCUT2D eigenvalue weighted by Crippen LogP contribution is 2.26. The summed E-state index contributed by atoms with van der Waals surface area (Å²) in [5.41, 5.74) is 0.0928. The molecule has 2 heterocycles. The number of rotatable bonds is 3. The Bertz CT molecular complexity index is 352. The number of carboxylic acids is 1. The predicted octanol–water partition coefficient (Wildman–Crippen LogP) is 1.27. The molecule has 0 unspecified atom stereocenters. The molecule has 1 aromatic rings. The molecule has 0 saturated carbocycles. The highest BCUT2D eigenvalue weighted by Gasteiger charge is 2.20. The van der Waals surface area contributed by atoms with Crippen LogP contribution in [0.1, 0.15) is 10.5 Å². The van der Waals surface area contributed by atoms with Gasteiger partial charge in [-0.2, -0.15) is 0 Å². The number of carboxylic acid groups (broad SMARTS) is 1. The predicted molar refractivity (Wildman–Crippen MR) is 51.7 cm³/mol. The molecule has 4 nitrogen and oxygen atoms in total. The Kier molecular flexibility index (Phi) is 2.69. The van der Waals surface area contributed by atoms with Gasteiger partial charge in [-0.1, -0.05) is 17.8 Å². The number of aromatic nitrogens is 1. The average molecular weight is 211 g/mol. The topological polar surface area (TPSA) is 59.4 Å². The summed E-state index contributed by atoms with van der Waals surface area (Å²) < 4.78 is 5.02. The van der Waals surface area contributed by atoms with Crippen molar-refractivity contribution in [2.45, 2.75) is 10.3 Å². The van der Waals surface area contributed by atoms with Crippen LogP contribution in [0.15, 0.2) is 23.2 Å². The van der Waals surface area contributed by atoms with Gasteiger partial charge in [0.05, 0.1) is 23.5 Å². The molecule has 5 heteroatoms. The number of pyridine rings is 1. The fraction of sp³-hybridized carbons (Fsp3) is 0.333. The molecule has 0 radical (unpaired) electrons. The molecule has 1 aliphatic rings. The van der Waals surface area contributed by atoms with E-state index in [4.69, 9.17) is 9.84 Å². The summed E-state index contributed by atoms with van der Waals surface area (Å²) in [4.78, 5) is 14.6. The van der Waals surface area contributed by atoms with Gasteiger partial charge in [-0.25, -0.2) is 9.78 Å². The monoisotopic (exact) mass is 211 g/mol. The van der Waals surface area contributed by atoms with Gasteiger partial charge in [-0.3, -0.25) is 0 Å². The lowest BCUT2D eigenvalue weighted by molar-refractivity contribution is 0.0454. The molecule has 1 aromatic heterocycles. The second kappa shape index (κ2) is 3.98. The Hall–Kier alpha value is -1.07. The van der Waals surface area contributed by atoms with Crippen LogP contribution in [-0.2, 0) is 4.74 Å². The van der Waals surface area contributed by atoms with Crippen molar-refractivity contribution in [1.29, 1.82) is 0 Å². The Morgan fingerprint density at radius 2 is 2.36 bits per heavy atom. The molecule has 14 heavy (non-hydrogen) atoms. The maximum absolute atomic E-state index is 10.6. The molecule has 1 aliphatic heterocycles.